The standard InChI is InChI=1S/C25H18N4O2/c30-25-21(14-19-7-4-12-31-19)28-24-23(18-8-9-20-17(13-18)10-11-26-20)27-22(15-29(24)25)16-5-2-1-3-6-16/h1-13,15,26-27H,14H2. The molecular formula is C25H18N4O2. The molecule has 0 saturated heterocycles. The van der Waals surface area contributed by atoms with E-state index < -0.39 is 0 Å². The normalized spacial score (nSPS) is 11.5. The Morgan fingerprint density at radius 3 is 2.71 bits per heavy atom. The van der Waals surface area contributed by atoms with E-state index in [1.807, 2.05) is 73.1 Å². The molecule has 0 atom stereocenters. The summed E-state index contributed by atoms with van der Waals surface area (Å²) in [4.78, 5) is 24.7. The van der Waals surface area contributed by atoms with E-state index in [0.29, 0.717) is 23.7 Å². The van der Waals surface area contributed by atoms with Gasteiger partial charge in [0.15, 0.2) is 5.82 Å². The number of aromatic amines is 2. The zero-order chi connectivity index (χ0) is 20.8. The molecule has 0 aliphatic carbocycles. The van der Waals surface area contributed by atoms with Crippen LogP contribution >= 0.6 is 0 Å². The topological polar surface area (TPSA) is 79.6 Å². The van der Waals surface area contributed by atoms with E-state index in [1.165, 1.54) is 0 Å². The van der Waals surface area contributed by atoms with Crippen LogP contribution in [0.1, 0.15) is 11.5 Å². The van der Waals surface area contributed by atoms with Crippen LogP contribution in [0.15, 0.2) is 94.6 Å². The predicted octanol–water partition coefficient (Wildman–Crippen LogP) is 5.00. The molecular weight excluding hydrogens is 388 g/mol. The molecule has 6 rings (SSSR count). The summed E-state index contributed by atoms with van der Waals surface area (Å²) in [5.41, 5.74) is 4.98. The van der Waals surface area contributed by atoms with E-state index in [1.54, 1.807) is 10.8 Å². The van der Waals surface area contributed by atoms with Gasteiger partial charge in [0.05, 0.1) is 24.1 Å². The first-order chi connectivity index (χ1) is 15.3. The Kier molecular flexibility index (Phi) is 3.89. The van der Waals surface area contributed by atoms with Gasteiger partial charge in [-0.1, -0.05) is 36.4 Å². The van der Waals surface area contributed by atoms with Crippen molar-refractivity contribution in [2.24, 2.45) is 0 Å². The largest absolute Gasteiger partial charge is 0.469 e. The van der Waals surface area contributed by atoms with Crippen LogP contribution in [0.25, 0.3) is 39.2 Å². The maximum atomic E-state index is 13.2. The fourth-order valence-corrected chi connectivity index (χ4v) is 3.98. The third kappa shape index (κ3) is 2.97. The van der Waals surface area contributed by atoms with Gasteiger partial charge in [0.1, 0.15) is 11.5 Å². The predicted molar refractivity (Wildman–Crippen MR) is 120 cm³/mol. The Labute approximate surface area is 177 Å². The minimum atomic E-state index is -0.137. The zero-order valence-corrected chi connectivity index (χ0v) is 16.5. The maximum absolute atomic E-state index is 13.2. The summed E-state index contributed by atoms with van der Waals surface area (Å²) in [7, 11) is 0. The number of aromatic nitrogens is 4. The van der Waals surface area contributed by atoms with Crippen LogP contribution in [0.3, 0.4) is 0 Å². The first-order valence-electron chi connectivity index (χ1n) is 10.1. The molecule has 31 heavy (non-hydrogen) atoms. The van der Waals surface area contributed by atoms with Crippen LogP contribution in [-0.2, 0) is 6.42 Å². The van der Waals surface area contributed by atoms with Crippen molar-refractivity contribution in [2.75, 3.05) is 0 Å². The number of nitrogens with one attached hydrogen (secondary N) is 2. The SMILES string of the molecule is O=c1c(Cc2ccco2)nc2c(-c3ccc4[nH]ccc4c3)[nH]c(-c3ccccc3)cn1-2. The number of furan rings is 1. The van der Waals surface area contributed by atoms with Gasteiger partial charge in [0, 0.05) is 28.9 Å². The van der Waals surface area contributed by atoms with Crippen LogP contribution in [0.4, 0.5) is 0 Å². The molecule has 150 valence electrons. The first kappa shape index (κ1) is 17.5. The number of imidazole rings is 1. The smallest absolute Gasteiger partial charge is 0.278 e. The van der Waals surface area contributed by atoms with Gasteiger partial charge in [0.2, 0.25) is 0 Å². The average molecular weight is 406 g/mol. The number of nitrogens with zero attached hydrogens (tertiary/aromatic N) is 2. The summed E-state index contributed by atoms with van der Waals surface area (Å²) < 4.78 is 7.07. The Morgan fingerprint density at radius 1 is 0.968 bits per heavy atom. The molecule has 6 heteroatoms. The Bertz CT molecular complexity index is 1520. The fourth-order valence-electron chi connectivity index (χ4n) is 3.98. The first-order valence-corrected chi connectivity index (χ1v) is 10.1. The summed E-state index contributed by atoms with van der Waals surface area (Å²) in [6, 6.07) is 21.8. The third-order valence-electron chi connectivity index (χ3n) is 5.52. The van der Waals surface area contributed by atoms with Crippen molar-refractivity contribution in [2.45, 2.75) is 6.42 Å². The lowest BCUT2D eigenvalue weighted by Crippen LogP contribution is -2.16. The van der Waals surface area contributed by atoms with E-state index >= 15 is 0 Å². The van der Waals surface area contributed by atoms with E-state index in [2.05, 4.69) is 16.0 Å². The molecule has 0 amide bonds. The molecule has 2 N–H and O–H groups in total. The molecule has 0 radical (unpaired) electrons. The van der Waals surface area contributed by atoms with Crippen molar-refractivity contribution >= 4 is 10.9 Å². The number of fused-ring (bicyclic) bond motifs is 2. The number of benzene rings is 2. The van der Waals surface area contributed by atoms with Gasteiger partial charge >= 0.3 is 0 Å². The lowest BCUT2D eigenvalue weighted by atomic mass is 10.1. The summed E-state index contributed by atoms with van der Waals surface area (Å²) in [5.74, 6) is 1.31. The minimum Gasteiger partial charge on any atom is -0.469 e. The van der Waals surface area contributed by atoms with Crippen molar-refractivity contribution in [1.29, 1.82) is 0 Å². The molecule has 4 heterocycles. The molecule has 0 bridgehead atoms. The van der Waals surface area contributed by atoms with Crippen molar-refractivity contribution < 1.29 is 4.42 Å². The van der Waals surface area contributed by atoms with Crippen molar-refractivity contribution in [1.82, 2.24) is 19.5 Å². The van der Waals surface area contributed by atoms with Gasteiger partial charge in [0.25, 0.3) is 5.56 Å². The molecule has 2 aromatic heterocycles. The highest BCUT2D eigenvalue weighted by molar-refractivity contribution is 5.86. The van der Waals surface area contributed by atoms with E-state index in [9.17, 15) is 4.79 Å². The van der Waals surface area contributed by atoms with Crippen LogP contribution in [0, 0.1) is 0 Å². The van der Waals surface area contributed by atoms with Gasteiger partial charge in [-0.25, -0.2) is 4.98 Å². The molecule has 0 fully saturated rings. The van der Waals surface area contributed by atoms with Crippen LogP contribution in [0.2, 0.25) is 0 Å². The molecule has 4 aromatic rings. The minimum absolute atomic E-state index is 0.137. The zero-order valence-electron chi connectivity index (χ0n) is 16.5. The van der Waals surface area contributed by atoms with E-state index in [-0.39, 0.29) is 5.56 Å². The second-order valence-corrected chi connectivity index (χ2v) is 7.50. The molecule has 0 spiro atoms. The fraction of sp³-hybridized carbons (Fsp3) is 0.0400. The summed E-state index contributed by atoms with van der Waals surface area (Å²) in [6.45, 7) is 0. The van der Waals surface area contributed by atoms with Crippen LogP contribution < -0.4 is 5.56 Å². The molecule has 6 nitrogen and oxygen atoms in total. The van der Waals surface area contributed by atoms with Gasteiger partial charge < -0.3 is 14.4 Å². The quantitative estimate of drug-likeness (QED) is 0.432. The molecule has 2 aliphatic heterocycles. The maximum Gasteiger partial charge on any atom is 0.278 e. The molecule has 2 aliphatic rings. The number of hydrogen-bond donors (Lipinski definition) is 2. The van der Waals surface area contributed by atoms with Gasteiger partial charge in [-0.3, -0.25) is 9.36 Å². The van der Waals surface area contributed by atoms with Crippen molar-refractivity contribution in [3.63, 3.8) is 0 Å². The molecule has 2 aromatic carbocycles. The number of H-pyrrole nitrogens is 2. The third-order valence-corrected chi connectivity index (χ3v) is 5.52. The summed E-state index contributed by atoms with van der Waals surface area (Å²) >= 11 is 0. The summed E-state index contributed by atoms with van der Waals surface area (Å²) in [6.07, 6.45) is 5.70. The van der Waals surface area contributed by atoms with Gasteiger partial charge in [-0.05, 0) is 35.9 Å². The second kappa shape index (κ2) is 6.88. The summed E-state index contributed by atoms with van der Waals surface area (Å²) in [5, 5.41) is 1.10. The monoisotopic (exact) mass is 406 g/mol. The number of hydrogen-bond acceptors (Lipinski definition) is 3. The Balaban J connectivity index is 1.60. The average Bonchev–Trinajstić information content (AvgIpc) is 3.55. The molecule has 0 unspecified atom stereocenters. The van der Waals surface area contributed by atoms with Crippen molar-refractivity contribution in [3.8, 4) is 28.3 Å². The number of rotatable bonds is 4. The second-order valence-electron chi connectivity index (χ2n) is 7.50. The lowest BCUT2D eigenvalue weighted by Gasteiger charge is -2.13. The highest BCUT2D eigenvalue weighted by atomic mass is 16.3. The highest BCUT2D eigenvalue weighted by Crippen LogP contribution is 2.30. The lowest BCUT2D eigenvalue weighted by molar-refractivity contribution is 0.519. The van der Waals surface area contributed by atoms with E-state index in [0.717, 1.165) is 33.4 Å². The molecule has 0 saturated carbocycles. The Hall–Kier alpha value is -4.32. The Morgan fingerprint density at radius 2 is 1.87 bits per heavy atom. The van der Waals surface area contributed by atoms with Crippen LogP contribution in [-0.4, -0.2) is 19.5 Å². The van der Waals surface area contributed by atoms with Crippen molar-refractivity contribution in [3.05, 3.63) is 107 Å². The van der Waals surface area contributed by atoms with Crippen LogP contribution in [0.5, 0.6) is 0 Å². The van der Waals surface area contributed by atoms with Gasteiger partial charge in [-0.2, -0.15) is 0 Å². The van der Waals surface area contributed by atoms with Gasteiger partial charge in [-0.15, -0.1) is 0 Å². The van der Waals surface area contributed by atoms with E-state index in [4.69, 9.17) is 9.40 Å². The highest BCUT2D eigenvalue weighted by Gasteiger charge is 2.21.